The predicted molar refractivity (Wildman–Crippen MR) is 202 cm³/mol. The third kappa shape index (κ3) is 8.89. The molecule has 0 spiro atoms. The molecular formula is C40H38F6N10O. The van der Waals surface area contributed by atoms with Crippen LogP contribution in [-0.2, 0) is 25.4 Å². The van der Waals surface area contributed by atoms with Crippen molar-refractivity contribution in [2.45, 2.75) is 25.4 Å². The third-order valence-corrected chi connectivity index (χ3v) is 10.3. The molecule has 4 aromatic heterocycles. The fourth-order valence-corrected chi connectivity index (χ4v) is 7.11. The zero-order valence-corrected chi connectivity index (χ0v) is 30.6. The average Bonchev–Trinajstić information content (AvgIpc) is 3.88. The molecule has 0 radical (unpaired) electrons. The summed E-state index contributed by atoms with van der Waals surface area (Å²) in [6, 6.07) is 20.5. The van der Waals surface area contributed by atoms with E-state index in [9.17, 15) is 26.3 Å². The van der Waals surface area contributed by atoms with Gasteiger partial charge in [-0.1, -0.05) is 0 Å². The zero-order chi connectivity index (χ0) is 39.6. The van der Waals surface area contributed by atoms with Gasteiger partial charge in [-0.05, 0) is 72.8 Å². The zero-order valence-electron chi connectivity index (χ0n) is 30.6. The maximum absolute atomic E-state index is 12.9. The van der Waals surface area contributed by atoms with Crippen LogP contribution >= 0.6 is 0 Å². The number of anilines is 2. The Morgan fingerprint density at radius 1 is 0.491 bits per heavy atom. The number of piperazine rings is 2. The fourth-order valence-electron chi connectivity index (χ4n) is 7.11. The number of benzene rings is 2. The number of hydrogen-bond acceptors (Lipinski definition) is 9. The summed E-state index contributed by atoms with van der Waals surface area (Å²) in [5.41, 5.74) is 4.31. The van der Waals surface area contributed by atoms with Crippen molar-refractivity contribution < 1.29 is 31.1 Å². The first-order valence-corrected chi connectivity index (χ1v) is 18.4. The smallest absolute Gasteiger partial charge is 0.417 e. The number of rotatable bonds is 10. The highest BCUT2D eigenvalue weighted by Crippen LogP contribution is 2.33. The molecule has 296 valence electrons. The normalized spacial score (nSPS) is 16.0. The molecule has 2 aliphatic rings. The van der Waals surface area contributed by atoms with Crippen molar-refractivity contribution in [2.24, 2.45) is 0 Å². The maximum Gasteiger partial charge on any atom is 0.417 e. The molecule has 6 aromatic rings. The van der Waals surface area contributed by atoms with Gasteiger partial charge in [-0.3, -0.25) is 20.0 Å². The molecule has 2 fully saturated rings. The van der Waals surface area contributed by atoms with E-state index in [1.165, 1.54) is 12.1 Å². The SMILES string of the molecule is FC(F)(F)c1ccc(N2CCN(Cc3cn[nH]c3-c3ccc(Oc4ccc(-c5[nH]ncc5CN5CCN(c6ccc(C(F)(F)F)cn6)CC5)cc4)cc3)CC2)nc1. The molecule has 2 saturated heterocycles. The quantitative estimate of drug-likeness (QED) is 0.135. The molecule has 2 aromatic carbocycles. The minimum Gasteiger partial charge on any atom is -0.457 e. The summed E-state index contributed by atoms with van der Waals surface area (Å²) in [5.74, 6) is 2.43. The number of ether oxygens (including phenoxy) is 1. The Bertz CT molecular complexity index is 2060. The number of nitrogens with zero attached hydrogens (tertiary/aromatic N) is 8. The topological polar surface area (TPSA) is 105 Å². The summed E-state index contributed by atoms with van der Waals surface area (Å²) in [6.45, 7) is 6.85. The van der Waals surface area contributed by atoms with Crippen molar-refractivity contribution in [3.63, 3.8) is 0 Å². The van der Waals surface area contributed by atoms with Gasteiger partial charge in [0.15, 0.2) is 0 Å². The molecule has 6 heterocycles. The Morgan fingerprint density at radius 2 is 0.877 bits per heavy atom. The van der Waals surface area contributed by atoms with Gasteiger partial charge in [-0.15, -0.1) is 0 Å². The van der Waals surface area contributed by atoms with Crippen molar-refractivity contribution in [1.82, 2.24) is 40.2 Å². The van der Waals surface area contributed by atoms with Crippen LogP contribution in [0, 0.1) is 0 Å². The van der Waals surface area contributed by atoms with Crippen LogP contribution in [0.25, 0.3) is 22.5 Å². The number of pyridine rings is 2. The van der Waals surface area contributed by atoms with E-state index >= 15 is 0 Å². The van der Waals surface area contributed by atoms with E-state index in [4.69, 9.17) is 4.74 Å². The molecule has 0 unspecified atom stereocenters. The summed E-state index contributed by atoms with van der Waals surface area (Å²) in [7, 11) is 0. The van der Waals surface area contributed by atoms with Gasteiger partial charge < -0.3 is 14.5 Å². The summed E-state index contributed by atoms with van der Waals surface area (Å²) >= 11 is 0. The van der Waals surface area contributed by atoms with Crippen LogP contribution in [-0.4, -0.2) is 92.5 Å². The van der Waals surface area contributed by atoms with Crippen LogP contribution in [0.15, 0.2) is 97.6 Å². The van der Waals surface area contributed by atoms with Crippen LogP contribution in [0.5, 0.6) is 11.5 Å². The monoisotopic (exact) mass is 788 g/mol. The first-order chi connectivity index (χ1) is 27.5. The summed E-state index contributed by atoms with van der Waals surface area (Å²) < 4.78 is 83.8. The number of H-pyrrole nitrogens is 2. The molecular weight excluding hydrogens is 750 g/mol. The molecule has 0 aliphatic carbocycles. The largest absolute Gasteiger partial charge is 0.457 e. The predicted octanol–water partition coefficient (Wildman–Crippen LogP) is 7.73. The maximum atomic E-state index is 12.9. The van der Waals surface area contributed by atoms with Crippen molar-refractivity contribution in [1.29, 1.82) is 0 Å². The van der Waals surface area contributed by atoms with Crippen LogP contribution in [0.3, 0.4) is 0 Å². The Labute approximate surface area is 323 Å². The molecule has 17 heteroatoms. The third-order valence-electron chi connectivity index (χ3n) is 10.3. The molecule has 0 amide bonds. The fraction of sp³-hybridized carbons (Fsp3) is 0.300. The highest BCUT2D eigenvalue weighted by molar-refractivity contribution is 5.65. The Hall–Kier alpha value is -5.94. The molecule has 57 heavy (non-hydrogen) atoms. The standard InChI is InChI=1S/C40H38F6N10O/c41-39(42,43)31-5-11-35(47-23-31)55-17-13-53(14-18-55)25-29-21-49-51-37(29)27-1-7-33(8-2-27)57-34-9-3-28(4-10-34)38-30(22-50-52-38)26-54-15-19-56(20-16-54)36-12-6-32(24-48-36)40(44,45)46/h1-12,21-24H,13-20,25-26H2,(H,49,51)(H,50,52). The highest BCUT2D eigenvalue weighted by Gasteiger charge is 2.32. The van der Waals surface area contributed by atoms with Crippen LogP contribution in [0.2, 0.25) is 0 Å². The molecule has 2 N–H and O–H groups in total. The van der Waals surface area contributed by atoms with Crippen molar-refractivity contribution in [3.05, 3.63) is 120 Å². The van der Waals surface area contributed by atoms with E-state index in [2.05, 4.69) is 40.2 Å². The highest BCUT2D eigenvalue weighted by atomic mass is 19.4. The van der Waals surface area contributed by atoms with Gasteiger partial charge in [0.1, 0.15) is 23.1 Å². The lowest BCUT2D eigenvalue weighted by Gasteiger charge is -2.35. The van der Waals surface area contributed by atoms with Crippen molar-refractivity contribution in [2.75, 3.05) is 62.2 Å². The number of nitrogens with one attached hydrogen (secondary N) is 2. The van der Waals surface area contributed by atoms with Gasteiger partial charge in [0.05, 0.1) is 34.9 Å². The summed E-state index contributed by atoms with van der Waals surface area (Å²) in [4.78, 5) is 16.7. The number of alkyl halides is 6. The van der Waals surface area contributed by atoms with Gasteiger partial charge >= 0.3 is 12.4 Å². The van der Waals surface area contributed by atoms with Crippen molar-refractivity contribution >= 4 is 11.6 Å². The molecule has 0 saturated carbocycles. The minimum atomic E-state index is -4.41. The number of aromatic amines is 2. The van der Waals surface area contributed by atoms with Crippen LogP contribution < -0.4 is 14.5 Å². The van der Waals surface area contributed by atoms with Crippen LogP contribution in [0.4, 0.5) is 38.0 Å². The van der Waals surface area contributed by atoms with E-state index in [-0.39, 0.29) is 0 Å². The Balaban J connectivity index is 0.822. The van der Waals surface area contributed by atoms with Gasteiger partial charge in [-0.25, -0.2) is 9.97 Å². The molecule has 8 rings (SSSR count). The lowest BCUT2D eigenvalue weighted by Crippen LogP contribution is -2.46. The average molecular weight is 789 g/mol. The van der Waals surface area contributed by atoms with E-state index in [0.717, 1.165) is 84.3 Å². The minimum absolute atomic E-state index is 0.540. The second-order valence-corrected chi connectivity index (χ2v) is 14.0. The Kier molecular flexibility index (Phi) is 10.6. The number of aromatic nitrogens is 6. The summed E-state index contributed by atoms with van der Waals surface area (Å²) in [6.07, 6.45) is -3.41. The van der Waals surface area contributed by atoms with E-state index in [1.807, 2.05) is 70.7 Å². The lowest BCUT2D eigenvalue weighted by molar-refractivity contribution is -0.138. The van der Waals surface area contributed by atoms with Gasteiger partial charge in [0.2, 0.25) is 0 Å². The van der Waals surface area contributed by atoms with Crippen molar-refractivity contribution in [3.8, 4) is 34.0 Å². The summed E-state index contributed by atoms with van der Waals surface area (Å²) in [5, 5.41) is 14.8. The Morgan fingerprint density at radius 3 is 1.21 bits per heavy atom. The lowest BCUT2D eigenvalue weighted by atomic mass is 10.1. The van der Waals surface area contributed by atoms with Gasteiger partial charge in [-0.2, -0.15) is 36.5 Å². The van der Waals surface area contributed by atoms with Gasteiger partial charge in [0.25, 0.3) is 0 Å². The second kappa shape index (κ2) is 15.9. The van der Waals surface area contributed by atoms with Crippen LogP contribution in [0.1, 0.15) is 22.3 Å². The van der Waals surface area contributed by atoms with E-state index in [1.54, 1.807) is 0 Å². The van der Waals surface area contributed by atoms with Gasteiger partial charge in [0, 0.05) is 100 Å². The number of halogens is 6. The first-order valence-electron chi connectivity index (χ1n) is 18.4. The molecule has 0 atom stereocenters. The molecule has 0 bridgehead atoms. The first kappa shape index (κ1) is 38.0. The molecule has 11 nitrogen and oxygen atoms in total. The second-order valence-electron chi connectivity index (χ2n) is 14.0. The van der Waals surface area contributed by atoms with E-state index < -0.39 is 23.5 Å². The number of hydrogen-bond donors (Lipinski definition) is 2. The van der Waals surface area contributed by atoms with E-state index in [0.29, 0.717) is 62.4 Å². The molecule has 2 aliphatic heterocycles.